The molecule has 2 rings (SSSR count). The van der Waals surface area contributed by atoms with Crippen molar-refractivity contribution < 1.29 is 0 Å². The van der Waals surface area contributed by atoms with E-state index in [1.165, 1.54) is 19.3 Å². The molecule has 1 saturated carbocycles. The van der Waals surface area contributed by atoms with E-state index in [9.17, 15) is 0 Å². The fraction of sp³-hybridized carbons (Fsp3) is 0.533. The zero-order valence-corrected chi connectivity index (χ0v) is 13.0. The smallest absolute Gasteiger partial charge is 0.106 e. The van der Waals surface area contributed by atoms with Crippen LogP contribution in [0.15, 0.2) is 18.2 Å². The van der Waals surface area contributed by atoms with Crippen LogP contribution < -0.4 is 11.1 Å². The number of halogens is 1. The van der Waals surface area contributed by atoms with Crippen LogP contribution in [0.25, 0.3) is 0 Å². The Bertz CT molecular complexity index is 465. The van der Waals surface area contributed by atoms with Gasteiger partial charge < -0.3 is 11.1 Å². The van der Waals surface area contributed by atoms with Crippen molar-refractivity contribution in [2.24, 2.45) is 17.6 Å². The van der Waals surface area contributed by atoms with Crippen molar-refractivity contribution in [3.63, 3.8) is 0 Å². The number of nitrogens with two attached hydrogens (primary N) is 1. The highest BCUT2D eigenvalue weighted by molar-refractivity contribution is 7.80. The van der Waals surface area contributed by atoms with Crippen molar-refractivity contribution in [3.05, 3.63) is 28.8 Å². The Morgan fingerprint density at radius 2 is 1.89 bits per heavy atom. The van der Waals surface area contributed by atoms with Crippen molar-refractivity contribution in [1.29, 1.82) is 0 Å². The second-order valence-electron chi connectivity index (χ2n) is 5.81. The average molecular weight is 297 g/mol. The summed E-state index contributed by atoms with van der Waals surface area (Å²) in [5, 5.41) is 4.29. The molecule has 0 amide bonds. The van der Waals surface area contributed by atoms with Gasteiger partial charge in [-0.1, -0.05) is 37.7 Å². The number of benzene rings is 1. The first-order valence-corrected chi connectivity index (χ1v) is 7.60. The Balaban J connectivity index is 2.18. The minimum atomic E-state index is 0.413. The molecule has 4 heteroatoms. The molecule has 19 heavy (non-hydrogen) atoms. The van der Waals surface area contributed by atoms with Crippen LogP contribution in [0.3, 0.4) is 0 Å². The average Bonchev–Trinajstić information content (AvgIpc) is 2.26. The largest absolute Gasteiger partial charge is 0.389 e. The van der Waals surface area contributed by atoms with Crippen LogP contribution in [-0.4, -0.2) is 11.0 Å². The zero-order valence-electron chi connectivity index (χ0n) is 11.4. The Labute approximate surface area is 125 Å². The summed E-state index contributed by atoms with van der Waals surface area (Å²) in [5.41, 5.74) is 7.62. The molecule has 1 fully saturated rings. The van der Waals surface area contributed by atoms with Crippen LogP contribution in [0, 0.1) is 11.8 Å². The van der Waals surface area contributed by atoms with E-state index in [0.717, 1.165) is 23.1 Å². The van der Waals surface area contributed by atoms with Crippen LogP contribution in [-0.2, 0) is 0 Å². The molecule has 2 unspecified atom stereocenters. The van der Waals surface area contributed by atoms with Gasteiger partial charge in [-0.05, 0) is 49.3 Å². The third-order valence-electron chi connectivity index (χ3n) is 3.79. The quantitative estimate of drug-likeness (QED) is 0.821. The van der Waals surface area contributed by atoms with Crippen molar-refractivity contribution in [2.45, 2.75) is 39.2 Å². The van der Waals surface area contributed by atoms with Crippen molar-refractivity contribution in [3.8, 4) is 0 Å². The van der Waals surface area contributed by atoms with E-state index in [4.69, 9.17) is 29.6 Å². The number of rotatable bonds is 3. The molecule has 1 aliphatic rings. The fourth-order valence-corrected chi connectivity index (χ4v) is 3.49. The van der Waals surface area contributed by atoms with Gasteiger partial charge in [0.2, 0.25) is 0 Å². The minimum absolute atomic E-state index is 0.413. The molecular formula is C15H21ClN2S. The van der Waals surface area contributed by atoms with Gasteiger partial charge >= 0.3 is 0 Å². The molecule has 104 valence electrons. The first-order chi connectivity index (χ1) is 8.95. The maximum atomic E-state index is 6.07. The van der Waals surface area contributed by atoms with Gasteiger partial charge in [0.05, 0.1) is 0 Å². The molecule has 1 aliphatic carbocycles. The monoisotopic (exact) mass is 296 g/mol. The molecule has 0 aliphatic heterocycles. The predicted octanol–water partition coefficient (Wildman–Crippen LogP) is 4.21. The number of anilines is 1. The van der Waals surface area contributed by atoms with E-state index in [-0.39, 0.29) is 0 Å². The summed E-state index contributed by atoms with van der Waals surface area (Å²) in [6.45, 7) is 4.63. The lowest BCUT2D eigenvalue weighted by Crippen LogP contribution is -2.31. The first-order valence-electron chi connectivity index (χ1n) is 6.81. The van der Waals surface area contributed by atoms with E-state index in [0.29, 0.717) is 16.1 Å². The SMILES string of the molecule is CC1CC(C)CC(Nc2cc(Cl)ccc2C(N)=S)C1. The van der Waals surface area contributed by atoms with Gasteiger partial charge in [-0.3, -0.25) is 0 Å². The van der Waals surface area contributed by atoms with Crippen molar-refractivity contribution in [2.75, 3.05) is 5.32 Å². The van der Waals surface area contributed by atoms with Gasteiger partial charge in [-0.15, -0.1) is 0 Å². The molecule has 0 bridgehead atoms. The summed E-state index contributed by atoms with van der Waals surface area (Å²) in [4.78, 5) is 0.413. The molecule has 0 aromatic heterocycles. The molecular weight excluding hydrogens is 276 g/mol. The summed E-state index contributed by atoms with van der Waals surface area (Å²) in [6.07, 6.45) is 3.69. The molecule has 0 heterocycles. The maximum absolute atomic E-state index is 6.07. The van der Waals surface area contributed by atoms with E-state index < -0.39 is 0 Å². The van der Waals surface area contributed by atoms with E-state index >= 15 is 0 Å². The van der Waals surface area contributed by atoms with Crippen molar-refractivity contribution >= 4 is 34.5 Å². The number of hydrogen-bond acceptors (Lipinski definition) is 2. The van der Waals surface area contributed by atoms with Crippen LogP contribution in [0.5, 0.6) is 0 Å². The Kier molecular flexibility index (Phi) is 4.69. The second kappa shape index (κ2) is 6.10. The highest BCUT2D eigenvalue weighted by atomic mass is 35.5. The van der Waals surface area contributed by atoms with Crippen LogP contribution in [0.2, 0.25) is 5.02 Å². The summed E-state index contributed by atoms with van der Waals surface area (Å²) >= 11 is 11.2. The minimum Gasteiger partial charge on any atom is -0.389 e. The fourth-order valence-electron chi connectivity index (χ4n) is 3.14. The number of thiocarbonyl (C=S) groups is 1. The van der Waals surface area contributed by atoms with Gasteiger partial charge in [0, 0.05) is 22.3 Å². The van der Waals surface area contributed by atoms with E-state index in [1.54, 1.807) is 0 Å². The highest BCUT2D eigenvalue weighted by Crippen LogP contribution is 2.32. The van der Waals surface area contributed by atoms with Gasteiger partial charge in [0.15, 0.2) is 0 Å². The summed E-state index contributed by atoms with van der Waals surface area (Å²) < 4.78 is 0. The van der Waals surface area contributed by atoms with Crippen LogP contribution in [0.4, 0.5) is 5.69 Å². The van der Waals surface area contributed by atoms with E-state index in [2.05, 4.69) is 19.2 Å². The molecule has 0 saturated heterocycles. The lowest BCUT2D eigenvalue weighted by Gasteiger charge is -2.33. The van der Waals surface area contributed by atoms with Crippen LogP contribution >= 0.6 is 23.8 Å². The van der Waals surface area contributed by atoms with Crippen molar-refractivity contribution in [1.82, 2.24) is 0 Å². The van der Waals surface area contributed by atoms with Gasteiger partial charge in [0.25, 0.3) is 0 Å². The first kappa shape index (κ1) is 14.6. The normalized spacial score (nSPS) is 27.0. The Morgan fingerprint density at radius 3 is 2.47 bits per heavy atom. The Morgan fingerprint density at radius 1 is 1.26 bits per heavy atom. The summed E-state index contributed by atoms with van der Waals surface area (Å²) in [7, 11) is 0. The summed E-state index contributed by atoms with van der Waals surface area (Å²) in [5.74, 6) is 1.52. The lowest BCUT2D eigenvalue weighted by molar-refractivity contribution is 0.281. The maximum Gasteiger partial charge on any atom is 0.106 e. The lowest BCUT2D eigenvalue weighted by atomic mass is 9.80. The van der Waals surface area contributed by atoms with Gasteiger partial charge in [-0.25, -0.2) is 0 Å². The second-order valence-corrected chi connectivity index (χ2v) is 6.69. The third kappa shape index (κ3) is 3.83. The Hall–Kier alpha value is -0.800. The highest BCUT2D eigenvalue weighted by Gasteiger charge is 2.24. The summed E-state index contributed by atoms with van der Waals surface area (Å²) in [6, 6.07) is 6.11. The van der Waals surface area contributed by atoms with Crippen LogP contribution in [0.1, 0.15) is 38.7 Å². The molecule has 1 aromatic rings. The topological polar surface area (TPSA) is 38.0 Å². The van der Waals surface area contributed by atoms with Gasteiger partial charge in [-0.2, -0.15) is 0 Å². The zero-order chi connectivity index (χ0) is 14.0. The molecule has 2 atom stereocenters. The molecule has 1 aromatic carbocycles. The number of hydrogen-bond donors (Lipinski definition) is 2. The molecule has 2 nitrogen and oxygen atoms in total. The molecule has 0 spiro atoms. The predicted molar refractivity (Wildman–Crippen MR) is 86.9 cm³/mol. The number of nitrogens with one attached hydrogen (secondary N) is 1. The standard InChI is InChI=1S/C15H21ClN2S/c1-9-5-10(2)7-12(6-9)18-14-8-11(16)3-4-13(14)15(17)19/h3-4,8-10,12,18H,5-7H2,1-2H3,(H2,17,19). The van der Waals surface area contributed by atoms with E-state index in [1.807, 2.05) is 18.2 Å². The molecule has 0 radical (unpaired) electrons. The third-order valence-corrected chi connectivity index (χ3v) is 4.24. The van der Waals surface area contributed by atoms with Gasteiger partial charge in [0.1, 0.15) is 4.99 Å². The molecule has 3 N–H and O–H groups in total.